The second kappa shape index (κ2) is 8.13. The molecule has 6 heteroatoms. The maximum absolute atomic E-state index is 11.9. The minimum atomic E-state index is -3.18. The van der Waals surface area contributed by atoms with E-state index in [4.69, 9.17) is 4.74 Å². The summed E-state index contributed by atoms with van der Waals surface area (Å²) < 4.78 is 28.3. The van der Waals surface area contributed by atoms with Gasteiger partial charge in [-0.1, -0.05) is 20.8 Å². The number of amides is 1. The first-order valence-electron chi connectivity index (χ1n) is 7.42. The highest BCUT2D eigenvalue weighted by molar-refractivity contribution is 7.92. The number of sulfone groups is 1. The Morgan fingerprint density at radius 3 is 2.10 bits per heavy atom. The lowest BCUT2D eigenvalue weighted by molar-refractivity contribution is -0.122. The molecule has 0 saturated heterocycles. The first kappa shape index (κ1) is 20.4. The normalized spacial score (nSPS) is 13.2. The smallest absolute Gasteiger partial charge is 0.222 e. The van der Waals surface area contributed by atoms with E-state index < -0.39 is 14.6 Å². The van der Waals surface area contributed by atoms with Gasteiger partial charge in [-0.05, 0) is 32.6 Å². The van der Waals surface area contributed by atoms with Crippen LogP contribution in [0.1, 0.15) is 54.4 Å². The number of ether oxygens (including phenoxy) is 1. The van der Waals surface area contributed by atoms with Gasteiger partial charge in [0.1, 0.15) is 0 Å². The standard InChI is InChI=1S/C15H31NO4S/c1-14(2,3)8-11-20-10-7-13(17)16-9-12-21(18,19)15(4,5)6/h7-12H2,1-6H3,(H,16,17). The highest BCUT2D eigenvalue weighted by atomic mass is 32.2. The van der Waals surface area contributed by atoms with Gasteiger partial charge in [0.2, 0.25) is 5.91 Å². The van der Waals surface area contributed by atoms with E-state index in [1.807, 2.05) is 0 Å². The van der Waals surface area contributed by atoms with Crippen molar-refractivity contribution in [2.75, 3.05) is 25.5 Å². The largest absolute Gasteiger partial charge is 0.381 e. The predicted molar refractivity (Wildman–Crippen MR) is 86.1 cm³/mol. The fourth-order valence-electron chi connectivity index (χ4n) is 1.36. The maximum Gasteiger partial charge on any atom is 0.222 e. The summed E-state index contributed by atoms with van der Waals surface area (Å²) in [4.78, 5) is 11.6. The molecule has 0 aliphatic rings. The molecule has 0 heterocycles. The van der Waals surface area contributed by atoms with E-state index in [1.165, 1.54) is 0 Å². The molecule has 0 aromatic carbocycles. The molecule has 0 bridgehead atoms. The Morgan fingerprint density at radius 2 is 1.62 bits per heavy atom. The molecule has 0 fully saturated rings. The van der Waals surface area contributed by atoms with E-state index in [2.05, 4.69) is 26.1 Å². The summed E-state index contributed by atoms with van der Waals surface area (Å²) in [5.74, 6) is -0.206. The summed E-state index contributed by atoms with van der Waals surface area (Å²) >= 11 is 0. The fourth-order valence-corrected chi connectivity index (χ4v) is 2.35. The lowest BCUT2D eigenvalue weighted by Crippen LogP contribution is -2.36. The van der Waals surface area contributed by atoms with Gasteiger partial charge in [0.15, 0.2) is 9.84 Å². The highest BCUT2D eigenvalue weighted by Crippen LogP contribution is 2.17. The molecule has 0 rings (SSSR count). The fraction of sp³-hybridized carbons (Fsp3) is 0.933. The van der Waals surface area contributed by atoms with E-state index in [9.17, 15) is 13.2 Å². The summed E-state index contributed by atoms with van der Waals surface area (Å²) in [5, 5.41) is 2.62. The van der Waals surface area contributed by atoms with E-state index in [-0.39, 0.29) is 30.0 Å². The Bertz CT molecular complexity index is 416. The zero-order valence-corrected chi connectivity index (χ0v) is 15.1. The van der Waals surface area contributed by atoms with Crippen LogP contribution in [0.5, 0.6) is 0 Å². The molecule has 0 aliphatic carbocycles. The number of nitrogens with one attached hydrogen (secondary N) is 1. The number of hydrogen-bond acceptors (Lipinski definition) is 4. The van der Waals surface area contributed by atoms with Crippen LogP contribution >= 0.6 is 0 Å². The van der Waals surface area contributed by atoms with Crippen molar-refractivity contribution >= 4 is 15.7 Å². The molecule has 0 aliphatic heterocycles. The molecular formula is C15H31NO4S. The van der Waals surface area contributed by atoms with Crippen molar-refractivity contribution in [2.45, 2.75) is 59.1 Å². The third-order valence-corrected chi connectivity index (χ3v) is 5.70. The summed E-state index contributed by atoms with van der Waals surface area (Å²) in [6.07, 6.45) is 1.21. The molecular weight excluding hydrogens is 290 g/mol. The van der Waals surface area contributed by atoms with E-state index in [0.29, 0.717) is 13.2 Å². The zero-order chi connectivity index (χ0) is 16.7. The van der Waals surface area contributed by atoms with Crippen molar-refractivity contribution < 1.29 is 17.9 Å². The average Bonchev–Trinajstić information content (AvgIpc) is 2.25. The SMILES string of the molecule is CC(C)(C)CCOCCC(=O)NCCS(=O)(=O)C(C)(C)C. The van der Waals surface area contributed by atoms with Gasteiger partial charge >= 0.3 is 0 Å². The molecule has 0 radical (unpaired) electrons. The van der Waals surface area contributed by atoms with Crippen molar-refractivity contribution in [3.05, 3.63) is 0 Å². The molecule has 0 spiro atoms. The van der Waals surface area contributed by atoms with Crippen LogP contribution in [-0.2, 0) is 19.4 Å². The number of hydrogen-bond donors (Lipinski definition) is 1. The van der Waals surface area contributed by atoms with Crippen molar-refractivity contribution in [2.24, 2.45) is 5.41 Å². The van der Waals surface area contributed by atoms with Crippen LogP contribution in [0.3, 0.4) is 0 Å². The Balaban J connectivity index is 3.79. The first-order valence-corrected chi connectivity index (χ1v) is 9.07. The third kappa shape index (κ3) is 9.85. The van der Waals surface area contributed by atoms with Crippen LogP contribution in [-0.4, -0.2) is 44.6 Å². The van der Waals surface area contributed by atoms with Gasteiger partial charge in [-0.2, -0.15) is 0 Å². The van der Waals surface area contributed by atoms with Crippen LogP contribution in [0.15, 0.2) is 0 Å². The van der Waals surface area contributed by atoms with Crippen LogP contribution in [0.2, 0.25) is 0 Å². The van der Waals surface area contributed by atoms with E-state index in [1.54, 1.807) is 20.8 Å². The number of carbonyl (C=O) groups is 1. The minimum Gasteiger partial charge on any atom is -0.381 e. The second-order valence-electron chi connectivity index (χ2n) is 7.45. The van der Waals surface area contributed by atoms with Gasteiger partial charge in [0, 0.05) is 19.6 Å². The average molecular weight is 321 g/mol. The molecule has 126 valence electrons. The molecule has 0 aromatic rings. The molecule has 0 unspecified atom stereocenters. The lowest BCUT2D eigenvalue weighted by Gasteiger charge is -2.19. The van der Waals surface area contributed by atoms with Crippen molar-refractivity contribution in [1.29, 1.82) is 0 Å². The Hall–Kier alpha value is -0.620. The Morgan fingerprint density at radius 1 is 1.05 bits per heavy atom. The quantitative estimate of drug-likeness (QED) is 0.695. The third-order valence-electron chi connectivity index (χ3n) is 3.10. The summed E-state index contributed by atoms with van der Waals surface area (Å²) in [5.41, 5.74) is 0.226. The first-order chi connectivity index (χ1) is 9.35. The summed E-state index contributed by atoms with van der Waals surface area (Å²) in [6, 6.07) is 0. The zero-order valence-electron chi connectivity index (χ0n) is 14.3. The number of carbonyl (C=O) groups excluding carboxylic acids is 1. The van der Waals surface area contributed by atoms with Crippen LogP contribution in [0.25, 0.3) is 0 Å². The van der Waals surface area contributed by atoms with Crippen molar-refractivity contribution in [1.82, 2.24) is 5.32 Å². The number of rotatable bonds is 8. The van der Waals surface area contributed by atoms with E-state index >= 15 is 0 Å². The Labute approximate surface area is 129 Å². The van der Waals surface area contributed by atoms with Crippen molar-refractivity contribution in [3.8, 4) is 0 Å². The van der Waals surface area contributed by atoms with Gasteiger partial charge in [-0.3, -0.25) is 4.79 Å². The molecule has 0 atom stereocenters. The highest BCUT2D eigenvalue weighted by Gasteiger charge is 2.28. The summed E-state index contributed by atoms with van der Waals surface area (Å²) in [6.45, 7) is 12.5. The summed E-state index contributed by atoms with van der Waals surface area (Å²) in [7, 11) is -3.18. The molecule has 21 heavy (non-hydrogen) atoms. The van der Waals surface area contributed by atoms with Crippen molar-refractivity contribution in [3.63, 3.8) is 0 Å². The predicted octanol–water partition coefficient (Wildman–Crippen LogP) is 2.16. The van der Waals surface area contributed by atoms with Crippen LogP contribution < -0.4 is 5.32 Å². The molecule has 1 amide bonds. The Kier molecular flexibility index (Phi) is 7.89. The van der Waals surface area contributed by atoms with Gasteiger partial charge in [-0.15, -0.1) is 0 Å². The van der Waals surface area contributed by atoms with Gasteiger partial charge in [0.25, 0.3) is 0 Å². The van der Waals surface area contributed by atoms with Gasteiger partial charge in [-0.25, -0.2) is 8.42 Å². The van der Waals surface area contributed by atoms with Gasteiger partial charge in [0.05, 0.1) is 17.1 Å². The molecule has 1 N–H and O–H groups in total. The second-order valence-corrected chi connectivity index (χ2v) is 10.3. The lowest BCUT2D eigenvalue weighted by atomic mass is 9.93. The van der Waals surface area contributed by atoms with Crippen LogP contribution in [0, 0.1) is 5.41 Å². The molecule has 5 nitrogen and oxygen atoms in total. The van der Waals surface area contributed by atoms with E-state index in [0.717, 1.165) is 6.42 Å². The minimum absolute atomic E-state index is 0.0346. The topological polar surface area (TPSA) is 72.5 Å². The monoisotopic (exact) mass is 321 g/mol. The molecule has 0 saturated carbocycles. The van der Waals surface area contributed by atoms with Gasteiger partial charge < -0.3 is 10.1 Å². The maximum atomic E-state index is 11.9. The van der Waals surface area contributed by atoms with Crippen LogP contribution in [0.4, 0.5) is 0 Å². The molecule has 0 aromatic heterocycles.